The number of nitrogens with zero attached hydrogens (tertiary/aromatic N) is 1. The van der Waals surface area contributed by atoms with Crippen molar-refractivity contribution >= 4 is 10.9 Å². The zero-order chi connectivity index (χ0) is 19.3. The number of hydrogen-bond donors (Lipinski definition) is 1. The zero-order valence-corrected chi connectivity index (χ0v) is 13.1. The molecule has 1 N–H and O–H groups in total. The molecule has 0 amide bonds. The highest BCUT2D eigenvalue weighted by molar-refractivity contribution is 5.82. The molecule has 26 heavy (non-hydrogen) atoms. The van der Waals surface area contributed by atoms with Crippen molar-refractivity contribution in [3.8, 4) is 11.4 Å². The van der Waals surface area contributed by atoms with Gasteiger partial charge < -0.3 is 4.98 Å². The third kappa shape index (κ3) is 3.29. The fraction of sp³-hybridized carbons (Fsp3) is 0.176. The first kappa shape index (κ1) is 18.0. The van der Waals surface area contributed by atoms with Gasteiger partial charge in [0.2, 0.25) is 0 Å². The first-order valence-electron chi connectivity index (χ1n) is 7.26. The summed E-state index contributed by atoms with van der Waals surface area (Å²) >= 11 is 0. The summed E-state index contributed by atoms with van der Waals surface area (Å²) in [6.07, 6.45) is -9.97. The number of rotatable bonds is 1. The van der Waals surface area contributed by atoms with Crippen molar-refractivity contribution < 1.29 is 26.3 Å². The van der Waals surface area contributed by atoms with Crippen molar-refractivity contribution in [1.82, 2.24) is 9.97 Å². The van der Waals surface area contributed by atoms with Crippen molar-refractivity contribution in [2.45, 2.75) is 19.3 Å². The zero-order valence-electron chi connectivity index (χ0n) is 13.1. The summed E-state index contributed by atoms with van der Waals surface area (Å²) in [7, 11) is 0. The van der Waals surface area contributed by atoms with Gasteiger partial charge in [-0.05, 0) is 36.8 Å². The number of aryl methyl sites for hydroxylation is 1. The Kier molecular flexibility index (Phi) is 4.05. The van der Waals surface area contributed by atoms with Gasteiger partial charge >= 0.3 is 12.4 Å². The minimum absolute atomic E-state index is 0.0217. The standard InChI is InChI=1S/C17H10F6N2O/c1-8-3-2-4-12-13(8)24-14(25-15(12)26)9-5-10(16(18,19)20)7-11(6-9)17(21,22)23/h2-7H,1H3,(H,24,25,26). The predicted octanol–water partition coefficient (Wildman–Crippen LogP) is 4.94. The minimum Gasteiger partial charge on any atom is -0.306 e. The van der Waals surface area contributed by atoms with Crippen LogP contribution in [0, 0.1) is 6.92 Å². The van der Waals surface area contributed by atoms with Crippen molar-refractivity contribution in [1.29, 1.82) is 0 Å². The fourth-order valence-electron chi connectivity index (χ4n) is 2.53. The van der Waals surface area contributed by atoms with Crippen LogP contribution < -0.4 is 5.56 Å². The van der Waals surface area contributed by atoms with Gasteiger partial charge in [-0.1, -0.05) is 12.1 Å². The molecule has 0 bridgehead atoms. The SMILES string of the molecule is Cc1cccc2c(=O)[nH]c(-c3cc(C(F)(F)F)cc(C(F)(F)F)c3)nc12. The maximum absolute atomic E-state index is 13.0. The largest absolute Gasteiger partial charge is 0.416 e. The fourth-order valence-corrected chi connectivity index (χ4v) is 2.53. The smallest absolute Gasteiger partial charge is 0.306 e. The number of aromatic amines is 1. The summed E-state index contributed by atoms with van der Waals surface area (Å²) in [4.78, 5) is 18.5. The predicted molar refractivity (Wildman–Crippen MR) is 82.5 cm³/mol. The molecule has 0 saturated carbocycles. The summed E-state index contributed by atoms with van der Waals surface area (Å²) in [6.45, 7) is 1.63. The Balaban J connectivity index is 2.31. The normalized spacial score (nSPS) is 12.6. The van der Waals surface area contributed by atoms with Gasteiger partial charge in [0.1, 0.15) is 5.82 Å². The second kappa shape index (κ2) is 5.86. The molecule has 0 spiro atoms. The number of nitrogens with one attached hydrogen (secondary N) is 1. The van der Waals surface area contributed by atoms with Gasteiger partial charge in [0, 0.05) is 5.56 Å². The number of alkyl halides is 6. The van der Waals surface area contributed by atoms with Crippen LogP contribution in [0.1, 0.15) is 16.7 Å². The molecule has 1 heterocycles. The average molecular weight is 372 g/mol. The van der Waals surface area contributed by atoms with Crippen LogP contribution in [-0.4, -0.2) is 9.97 Å². The van der Waals surface area contributed by atoms with E-state index in [1.54, 1.807) is 19.1 Å². The highest BCUT2D eigenvalue weighted by Gasteiger charge is 2.37. The summed E-state index contributed by atoms with van der Waals surface area (Å²) in [5.74, 6) is -0.367. The topological polar surface area (TPSA) is 45.8 Å². The molecule has 0 atom stereocenters. The Morgan fingerprint density at radius 1 is 0.923 bits per heavy atom. The summed E-state index contributed by atoms with van der Waals surface area (Å²) in [6, 6.07) is 5.76. The van der Waals surface area contributed by atoms with Crippen LogP contribution in [0.15, 0.2) is 41.2 Å². The van der Waals surface area contributed by atoms with Gasteiger partial charge in [0.15, 0.2) is 0 Å². The van der Waals surface area contributed by atoms with Crippen molar-refractivity contribution in [2.24, 2.45) is 0 Å². The molecular formula is C17H10F6N2O. The lowest BCUT2D eigenvalue weighted by molar-refractivity contribution is -0.143. The monoisotopic (exact) mass is 372 g/mol. The summed E-state index contributed by atoms with van der Waals surface area (Å²) in [5, 5.41) is 0.191. The van der Waals surface area contributed by atoms with E-state index in [9.17, 15) is 31.1 Å². The van der Waals surface area contributed by atoms with Gasteiger partial charge in [-0.2, -0.15) is 26.3 Å². The van der Waals surface area contributed by atoms with Crippen LogP contribution >= 0.6 is 0 Å². The second-order valence-electron chi connectivity index (χ2n) is 5.68. The van der Waals surface area contributed by atoms with E-state index < -0.39 is 34.6 Å². The van der Waals surface area contributed by atoms with E-state index in [0.29, 0.717) is 17.7 Å². The quantitative estimate of drug-likeness (QED) is 0.616. The molecular weight excluding hydrogens is 362 g/mol. The van der Waals surface area contributed by atoms with E-state index in [1.165, 1.54) is 6.07 Å². The van der Waals surface area contributed by atoms with Gasteiger partial charge in [-0.25, -0.2) is 4.98 Å². The van der Waals surface area contributed by atoms with Crippen molar-refractivity contribution in [2.75, 3.05) is 0 Å². The Hall–Kier alpha value is -2.84. The van der Waals surface area contributed by atoms with Crippen LogP contribution in [0.2, 0.25) is 0 Å². The Bertz CT molecular complexity index is 1020. The lowest BCUT2D eigenvalue weighted by atomic mass is 10.0. The molecule has 0 saturated heterocycles. The lowest BCUT2D eigenvalue weighted by Crippen LogP contribution is -2.13. The molecule has 0 radical (unpaired) electrons. The Morgan fingerprint density at radius 3 is 2.04 bits per heavy atom. The van der Waals surface area contributed by atoms with Crippen LogP contribution in [0.25, 0.3) is 22.3 Å². The Labute approximate surface area is 142 Å². The molecule has 9 heteroatoms. The maximum atomic E-state index is 13.0. The average Bonchev–Trinajstić information content (AvgIpc) is 2.53. The molecule has 0 aliphatic carbocycles. The number of para-hydroxylation sites is 1. The number of benzene rings is 2. The van der Waals surface area contributed by atoms with E-state index in [-0.39, 0.29) is 22.8 Å². The highest BCUT2D eigenvalue weighted by atomic mass is 19.4. The molecule has 1 aromatic heterocycles. The second-order valence-corrected chi connectivity index (χ2v) is 5.68. The Morgan fingerprint density at radius 2 is 1.50 bits per heavy atom. The van der Waals surface area contributed by atoms with E-state index in [2.05, 4.69) is 9.97 Å². The molecule has 2 aromatic carbocycles. The molecule has 3 nitrogen and oxygen atoms in total. The first-order chi connectivity index (χ1) is 12.0. The third-order valence-electron chi connectivity index (χ3n) is 3.80. The van der Waals surface area contributed by atoms with Gasteiger partial charge in [0.25, 0.3) is 5.56 Å². The molecule has 136 valence electrons. The molecule has 0 aliphatic heterocycles. The third-order valence-corrected chi connectivity index (χ3v) is 3.80. The van der Waals surface area contributed by atoms with E-state index in [4.69, 9.17) is 0 Å². The van der Waals surface area contributed by atoms with Crippen molar-refractivity contribution in [3.05, 3.63) is 63.4 Å². The van der Waals surface area contributed by atoms with E-state index in [1.807, 2.05) is 0 Å². The molecule has 0 aliphatic rings. The van der Waals surface area contributed by atoms with Crippen LogP contribution in [0.5, 0.6) is 0 Å². The van der Waals surface area contributed by atoms with E-state index >= 15 is 0 Å². The highest BCUT2D eigenvalue weighted by Crippen LogP contribution is 2.38. The summed E-state index contributed by atoms with van der Waals surface area (Å²) < 4.78 is 77.9. The number of H-pyrrole nitrogens is 1. The lowest BCUT2D eigenvalue weighted by Gasteiger charge is -2.14. The maximum Gasteiger partial charge on any atom is 0.416 e. The first-order valence-corrected chi connectivity index (χ1v) is 7.26. The summed E-state index contributed by atoms with van der Waals surface area (Å²) in [5.41, 5.74) is -3.31. The van der Waals surface area contributed by atoms with Gasteiger partial charge in [-0.15, -0.1) is 0 Å². The molecule has 3 aromatic rings. The molecule has 0 fully saturated rings. The van der Waals surface area contributed by atoms with Crippen LogP contribution in [0.4, 0.5) is 26.3 Å². The number of fused-ring (bicyclic) bond motifs is 1. The minimum atomic E-state index is -4.98. The van der Waals surface area contributed by atoms with Crippen LogP contribution in [0.3, 0.4) is 0 Å². The number of hydrogen-bond acceptors (Lipinski definition) is 2. The van der Waals surface area contributed by atoms with Gasteiger partial charge in [0.05, 0.1) is 22.0 Å². The molecule has 0 unspecified atom stereocenters. The molecule has 3 rings (SSSR count). The van der Waals surface area contributed by atoms with Crippen molar-refractivity contribution in [3.63, 3.8) is 0 Å². The van der Waals surface area contributed by atoms with E-state index in [0.717, 1.165) is 0 Å². The van der Waals surface area contributed by atoms with Crippen LogP contribution in [-0.2, 0) is 12.4 Å². The number of aromatic nitrogens is 2. The number of halogens is 6. The van der Waals surface area contributed by atoms with Gasteiger partial charge in [-0.3, -0.25) is 4.79 Å².